The minimum Gasteiger partial charge on any atom is -0.355 e. The normalized spacial score (nSPS) is 14.6. The van der Waals surface area contributed by atoms with Crippen molar-refractivity contribution < 1.29 is 9.18 Å². The second-order valence-corrected chi connectivity index (χ2v) is 8.64. The number of halogens is 2. The van der Waals surface area contributed by atoms with Crippen molar-refractivity contribution in [1.29, 1.82) is 0 Å². The number of fused-ring (bicyclic) bond motifs is 1. The molecule has 0 bridgehead atoms. The van der Waals surface area contributed by atoms with Gasteiger partial charge in [0, 0.05) is 35.3 Å². The van der Waals surface area contributed by atoms with Crippen molar-refractivity contribution in [2.45, 2.75) is 19.8 Å². The molecule has 1 saturated heterocycles. The summed E-state index contributed by atoms with van der Waals surface area (Å²) in [4.78, 5) is 14.9. The van der Waals surface area contributed by atoms with Crippen LogP contribution in [0.4, 0.5) is 15.9 Å². The van der Waals surface area contributed by atoms with Crippen LogP contribution in [0, 0.1) is 18.7 Å². The van der Waals surface area contributed by atoms with Crippen molar-refractivity contribution in [3.05, 3.63) is 71.0 Å². The molecule has 168 valence electrons. The second kappa shape index (κ2) is 8.78. The molecular formula is C24H22ClFN6O. The Morgan fingerprint density at radius 1 is 1.06 bits per heavy atom. The number of carbonyl (C=O) groups is 1. The molecule has 0 aliphatic carbocycles. The smallest absolute Gasteiger partial charge is 0.227 e. The highest BCUT2D eigenvalue weighted by Crippen LogP contribution is 2.26. The van der Waals surface area contributed by atoms with Crippen LogP contribution in [0.5, 0.6) is 0 Å². The molecule has 1 amide bonds. The molecule has 1 aliphatic rings. The zero-order chi connectivity index (χ0) is 22.9. The van der Waals surface area contributed by atoms with E-state index < -0.39 is 0 Å². The molecule has 2 aromatic heterocycles. The van der Waals surface area contributed by atoms with Gasteiger partial charge < -0.3 is 10.2 Å². The van der Waals surface area contributed by atoms with Crippen LogP contribution < -0.4 is 10.2 Å². The number of rotatable bonds is 4. The lowest BCUT2D eigenvalue weighted by atomic mass is 9.95. The summed E-state index contributed by atoms with van der Waals surface area (Å²) in [5.74, 6) is 1.01. The van der Waals surface area contributed by atoms with Crippen molar-refractivity contribution in [1.82, 2.24) is 19.8 Å². The lowest BCUT2D eigenvalue weighted by Gasteiger charge is -2.32. The number of carbonyl (C=O) groups excluding carboxylic acids is 1. The van der Waals surface area contributed by atoms with Crippen molar-refractivity contribution in [2.75, 3.05) is 23.3 Å². The van der Waals surface area contributed by atoms with Crippen molar-refractivity contribution in [2.24, 2.45) is 5.92 Å². The molecule has 0 unspecified atom stereocenters. The largest absolute Gasteiger partial charge is 0.355 e. The van der Waals surface area contributed by atoms with E-state index in [2.05, 4.69) is 20.4 Å². The van der Waals surface area contributed by atoms with E-state index in [0.717, 1.165) is 11.4 Å². The summed E-state index contributed by atoms with van der Waals surface area (Å²) < 4.78 is 15.0. The van der Waals surface area contributed by atoms with Crippen LogP contribution in [0.25, 0.3) is 17.0 Å². The maximum atomic E-state index is 13.3. The molecular weight excluding hydrogens is 443 g/mol. The number of aromatic nitrogens is 4. The van der Waals surface area contributed by atoms with Crippen molar-refractivity contribution >= 4 is 34.7 Å². The Kier molecular flexibility index (Phi) is 5.68. The van der Waals surface area contributed by atoms with E-state index in [1.54, 1.807) is 17.5 Å². The number of hydrogen-bond donors (Lipinski definition) is 1. The third kappa shape index (κ3) is 4.39. The minimum absolute atomic E-state index is 0.0309. The molecule has 1 aliphatic heterocycles. The Balaban J connectivity index is 1.28. The molecule has 4 aromatic rings. The van der Waals surface area contributed by atoms with Gasteiger partial charge in [0.05, 0.1) is 0 Å². The maximum absolute atomic E-state index is 13.3. The molecule has 9 heteroatoms. The van der Waals surface area contributed by atoms with Gasteiger partial charge in [-0.1, -0.05) is 11.6 Å². The van der Waals surface area contributed by atoms with Crippen molar-refractivity contribution in [3.63, 3.8) is 0 Å². The molecule has 1 N–H and O–H groups in total. The molecule has 0 spiro atoms. The Labute approximate surface area is 195 Å². The number of benzene rings is 2. The van der Waals surface area contributed by atoms with E-state index in [1.807, 2.05) is 36.4 Å². The first kappa shape index (κ1) is 21.3. The predicted molar refractivity (Wildman–Crippen MR) is 126 cm³/mol. The summed E-state index contributed by atoms with van der Waals surface area (Å²) in [5, 5.41) is 16.9. The number of hydrogen-bond acceptors (Lipinski definition) is 5. The average Bonchev–Trinajstić information content (AvgIpc) is 3.25. The highest BCUT2D eigenvalue weighted by Gasteiger charge is 2.26. The topological polar surface area (TPSA) is 75.4 Å². The van der Waals surface area contributed by atoms with Gasteiger partial charge in [-0.25, -0.2) is 4.39 Å². The highest BCUT2D eigenvalue weighted by molar-refractivity contribution is 6.30. The first-order valence-corrected chi connectivity index (χ1v) is 11.2. The van der Waals surface area contributed by atoms with Crippen molar-refractivity contribution in [3.8, 4) is 11.4 Å². The van der Waals surface area contributed by atoms with Gasteiger partial charge in [0.25, 0.3) is 0 Å². The Hall–Kier alpha value is -3.52. The van der Waals surface area contributed by atoms with Crippen LogP contribution in [-0.2, 0) is 4.79 Å². The van der Waals surface area contributed by atoms with Gasteiger partial charge in [-0.3, -0.25) is 4.79 Å². The van der Waals surface area contributed by atoms with E-state index >= 15 is 0 Å². The molecule has 0 saturated carbocycles. The lowest BCUT2D eigenvalue weighted by Crippen LogP contribution is -2.38. The number of anilines is 2. The molecule has 3 heterocycles. The van der Waals surface area contributed by atoms with Gasteiger partial charge in [-0.05, 0) is 79.9 Å². The lowest BCUT2D eigenvalue weighted by molar-refractivity contribution is -0.120. The molecule has 2 aromatic carbocycles. The summed E-state index contributed by atoms with van der Waals surface area (Å²) in [7, 11) is 0. The fourth-order valence-corrected chi connectivity index (χ4v) is 4.23. The van der Waals surface area contributed by atoms with Crippen LogP contribution in [-0.4, -0.2) is 38.8 Å². The summed E-state index contributed by atoms with van der Waals surface area (Å²) >= 11 is 6.00. The molecule has 33 heavy (non-hydrogen) atoms. The first-order chi connectivity index (χ1) is 16.0. The van der Waals surface area contributed by atoms with E-state index in [9.17, 15) is 9.18 Å². The number of amides is 1. The van der Waals surface area contributed by atoms with Crippen LogP contribution >= 0.6 is 11.6 Å². The fraction of sp³-hybridized carbons (Fsp3) is 0.250. The molecule has 5 rings (SSSR count). The van der Waals surface area contributed by atoms with E-state index in [-0.39, 0.29) is 17.6 Å². The van der Waals surface area contributed by atoms with E-state index in [4.69, 9.17) is 16.7 Å². The zero-order valence-electron chi connectivity index (χ0n) is 18.0. The Bertz CT molecular complexity index is 1310. The average molecular weight is 465 g/mol. The summed E-state index contributed by atoms with van der Waals surface area (Å²) in [5.41, 5.74) is 2.90. The van der Waals surface area contributed by atoms with Gasteiger partial charge >= 0.3 is 0 Å². The number of nitrogens with one attached hydrogen (secondary N) is 1. The summed E-state index contributed by atoms with van der Waals surface area (Å²) in [6.07, 6.45) is 1.41. The first-order valence-electron chi connectivity index (χ1n) is 10.8. The van der Waals surface area contributed by atoms with Gasteiger partial charge in [0.1, 0.15) is 11.6 Å². The fourth-order valence-electron chi connectivity index (χ4n) is 4.10. The quantitative estimate of drug-likeness (QED) is 0.472. The van der Waals surface area contributed by atoms with Gasteiger partial charge in [0.2, 0.25) is 5.91 Å². The molecule has 0 radical (unpaired) electrons. The second-order valence-electron chi connectivity index (χ2n) is 8.20. The summed E-state index contributed by atoms with van der Waals surface area (Å²) in [6, 6.07) is 15.6. The van der Waals surface area contributed by atoms with Crippen LogP contribution in [0.1, 0.15) is 18.4 Å². The predicted octanol–water partition coefficient (Wildman–Crippen LogP) is 4.75. The Morgan fingerprint density at radius 3 is 2.55 bits per heavy atom. The third-order valence-corrected chi connectivity index (χ3v) is 6.24. The van der Waals surface area contributed by atoms with E-state index in [1.165, 1.54) is 12.1 Å². The zero-order valence-corrected chi connectivity index (χ0v) is 18.8. The SMILES string of the molecule is Cc1cc(F)ccc1NC(=O)C1CCN(c2ccc3nnc(-c4ccc(Cl)cc4)n3n2)CC1. The Morgan fingerprint density at radius 2 is 1.82 bits per heavy atom. The van der Waals surface area contributed by atoms with Gasteiger partial charge in [-0.15, -0.1) is 15.3 Å². The number of aryl methyl sites for hydroxylation is 1. The van der Waals surface area contributed by atoms with Crippen LogP contribution in [0.15, 0.2) is 54.6 Å². The standard InChI is InChI=1S/C24H22ClFN6O/c1-15-14-19(26)6-7-20(15)27-24(33)17-10-12-31(13-11-17)22-9-8-21-28-29-23(32(21)30-22)16-2-4-18(25)5-3-16/h2-9,14,17H,10-13H2,1H3,(H,27,33). The van der Waals surface area contributed by atoms with Crippen LogP contribution in [0.2, 0.25) is 5.02 Å². The van der Waals surface area contributed by atoms with Crippen LogP contribution in [0.3, 0.4) is 0 Å². The number of nitrogens with zero attached hydrogens (tertiary/aromatic N) is 5. The van der Waals surface area contributed by atoms with E-state index in [0.29, 0.717) is 53.7 Å². The summed E-state index contributed by atoms with van der Waals surface area (Å²) in [6.45, 7) is 3.20. The van der Waals surface area contributed by atoms with Gasteiger partial charge in [-0.2, -0.15) is 4.52 Å². The highest BCUT2D eigenvalue weighted by atomic mass is 35.5. The molecule has 1 fully saturated rings. The third-order valence-electron chi connectivity index (χ3n) is 5.99. The monoisotopic (exact) mass is 464 g/mol. The maximum Gasteiger partial charge on any atom is 0.227 e. The van der Waals surface area contributed by atoms with Gasteiger partial charge in [0.15, 0.2) is 11.5 Å². The molecule has 0 atom stereocenters. The molecule has 7 nitrogen and oxygen atoms in total. The number of piperidine rings is 1. The minimum atomic E-state index is -0.310.